The molecule has 3 aromatic carbocycles. The van der Waals surface area contributed by atoms with E-state index in [2.05, 4.69) is 0 Å². The number of benzene rings is 3. The molecule has 6 nitrogen and oxygen atoms in total. The minimum atomic E-state index is -0.706. The molecular formula is C33H24Cl2N2O4S2. The standard InChI is InChI=1S/C33H24Cl2N2O4S2/c1-2-40-32(39)28-29(20-9-4-3-5-10-20)36-33-37(30(28)26-13-8-16-42-26)31(38)27(43-33)18-22-17-23(34)14-15-25(22)41-19-21-11-6-7-12-24(21)35/h3-18,30H,2,19H2,1H3/b27-18-/t30-/m1/s1. The van der Waals surface area contributed by atoms with Crippen LogP contribution < -0.4 is 19.6 Å². The normalized spacial score (nSPS) is 14.8. The summed E-state index contributed by atoms with van der Waals surface area (Å²) in [7, 11) is 0. The Kier molecular flexibility index (Phi) is 8.63. The van der Waals surface area contributed by atoms with Crippen molar-refractivity contribution in [3.8, 4) is 5.75 Å². The van der Waals surface area contributed by atoms with Crippen molar-refractivity contribution in [2.24, 2.45) is 4.99 Å². The maximum atomic E-state index is 14.1. The zero-order valence-electron chi connectivity index (χ0n) is 22.8. The van der Waals surface area contributed by atoms with Crippen LogP contribution >= 0.6 is 45.9 Å². The van der Waals surface area contributed by atoms with Gasteiger partial charge in [0.1, 0.15) is 18.4 Å². The molecule has 6 rings (SSSR count). The summed E-state index contributed by atoms with van der Waals surface area (Å²) in [5, 5.41) is 3.02. The van der Waals surface area contributed by atoms with Crippen LogP contribution in [0.1, 0.15) is 34.5 Å². The molecule has 0 bridgehead atoms. The molecule has 43 heavy (non-hydrogen) atoms. The van der Waals surface area contributed by atoms with E-state index in [1.165, 1.54) is 22.7 Å². The number of halogens is 2. The molecule has 0 saturated carbocycles. The molecule has 10 heteroatoms. The molecule has 216 valence electrons. The molecule has 3 heterocycles. The van der Waals surface area contributed by atoms with Gasteiger partial charge in [0.25, 0.3) is 5.56 Å². The lowest BCUT2D eigenvalue weighted by Gasteiger charge is -2.24. The van der Waals surface area contributed by atoms with Crippen LogP contribution in [0.4, 0.5) is 0 Å². The van der Waals surface area contributed by atoms with Gasteiger partial charge in [-0.25, -0.2) is 9.79 Å². The van der Waals surface area contributed by atoms with E-state index in [4.69, 9.17) is 37.7 Å². The van der Waals surface area contributed by atoms with Gasteiger partial charge in [-0.3, -0.25) is 9.36 Å². The Morgan fingerprint density at radius 3 is 2.56 bits per heavy atom. The van der Waals surface area contributed by atoms with E-state index >= 15 is 0 Å². The van der Waals surface area contributed by atoms with Gasteiger partial charge >= 0.3 is 5.97 Å². The fourth-order valence-corrected chi connectivity index (χ4v) is 7.02. The van der Waals surface area contributed by atoms with Crippen molar-refractivity contribution in [3.05, 3.63) is 147 Å². The van der Waals surface area contributed by atoms with Crippen molar-refractivity contribution in [2.75, 3.05) is 6.61 Å². The topological polar surface area (TPSA) is 69.9 Å². The van der Waals surface area contributed by atoms with Crippen molar-refractivity contribution >= 4 is 63.6 Å². The third kappa shape index (κ3) is 5.96. The first kappa shape index (κ1) is 29.1. The fraction of sp³-hybridized carbons (Fsp3) is 0.121. The number of hydrogen-bond donors (Lipinski definition) is 0. The maximum Gasteiger partial charge on any atom is 0.338 e. The zero-order valence-corrected chi connectivity index (χ0v) is 26.0. The number of thiazole rings is 1. The van der Waals surface area contributed by atoms with E-state index in [1.807, 2.05) is 72.1 Å². The molecule has 5 aromatic rings. The highest BCUT2D eigenvalue weighted by molar-refractivity contribution is 7.10. The number of hydrogen-bond acceptors (Lipinski definition) is 7. The molecule has 0 fully saturated rings. The van der Waals surface area contributed by atoms with E-state index in [-0.39, 0.29) is 18.8 Å². The highest BCUT2D eigenvalue weighted by atomic mass is 35.5. The van der Waals surface area contributed by atoms with Crippen LogP contribution in [0.2, 0.25) is 10.0 Å². The minimum absolute atomic E-state index is 0.192. The van der Waals surface area contributed by atoms with Crippen molar-refractivity contribution in [2.45, 2.75) is 19.6 Å². The van der Waals surface area contributed by atoms with Gasteiger partial charge in [-0.1, -0.05) is 89.1 Å². The summed E-state index contributed by atoms with van der Waals surface area (Å²) in [5.41, 5.74) is 2.74. The molecule has 0 N–H and O–H groups in total. The number of ether oxygens (including phenoxy) is 2. The lowest BCUT2D eigenvalue weighted by molar-refractivity contribution is -0.138. The lowest BCUT2D eigenvalue weighted by atomic mass is 9.97. The summed E-state index contributed by atoms with van der Waals surface area (Å²) in [6, 6.07) is 25.3. The molecule has 1 atom stereocenters. The van der Waals surface area contributed by atoms with Crippen LogP contribution in [-0.4, -0.2) is 17.1 Å². The van der Waals surface area contributed by atoms with Gasteiger partial charge in [-0.2, -0.15) is 0 Å². The molecule has 0 amide bonds. The van der Waals surface area contributed by atoms with Gasteiger partial charge in [0.15, 0.2) is 4.80 Å². The van der Waals surface area contributed by atoms with E-state index in [1.54, 1.807) is 35.8 Å². The third-order valence-electron chi connectivity index (χ3n) is 6.79. The van der Waals surface area contributed by atoms with E-state index < -0.39 is 12.0 Å². The van der Waals surface area contributed by atoms with Gasteiger partial charge in [0.05, 0.1) is 22.4 Å². The van der Waals surface area contributed by atoms with Crippen molar-refractivity contribution in [3.63, 3.8) is 0 Å². The number of carbonyl (C=O) groups is 1. The number of aromatic nitrogens is 1. The quantitative estimate of drug-likeness (QED) is 0.172. The molecule has 1 aliphatic rings. The molecule has 2 aromatic heterocycles. The van der Waals surface area contributed by atoms with Crippen LogP contribution in [0.5, 0.6) is 5.75 Å². The molecular weight excluding hydrogens is 623 g/mol. The SMILES string of the molecule is CCOC(=O)C1=C(c2ccccc2)N=c2s/c(=C\c3cc(Cl)ccc3OCc3ccccc3Cl)c(=O)n2[C@@H]1c1cccs1. The van der Waals surface area contributed by atoms with Gasteiger partial charge in [0.2, 0.25) is 0 Å². The second-order valence-electron chi connectivity index (χ2n) is 9.51. The van der Waals surface area contributed by atoms with E-state index in [9.17, 15) is 9.59 Å². The Morgan fingerprint density at radius 1 is 1.02 bits per heavy atom. The number of rotatable bonds is 8. The highest BCUT2D eigenvalue weighted by Gasteiger charge is 2.35. The zero-order chi connectivity index (χ0) is 29.9. The fourth-order valence-electron chi connectivity index (χ4n) is 4.83. The van der Waals surface area contributed by atoms with Crippen molar-refractivity contribution in [1.29, 1.82) is 0 Å². The Morgan fingerprint density at radius 2 is 1.81 bits per heavy atom. The van der Waals surface area contributed by atoms with Crippen LogP contribution in [0.25, 0.3) is 11.8 Å². The first-order chi connectivity index (χ1) is 20.9. The van der Waals surface area contributed by atoms with E-state index in [0.29, 0.717) is 42.0 Å². The predicted octanol–water partition coefficient (Wildman–Crippen LogP) is 6.88. The van der Waals surface area contributed by atoms with Crippen LogP contribution in [-0.2, 0) is 16.1 Å². The number of nitrogens with zero attached hydrogens (tertiary/aromatic N) is 2. The Balaban J connectivity index is 1.52. The lowest BCUT2D eigenvalue weighted by Crippen LogP contribution is -2.39. The van der Waals surface area contributed by atoms with Crippen LogP contribution in [0, 0.1) is 0 Å². The summed E-state index contributed by atoms with van der Waals surface area (Å²) < 4.78 is 13.6. The van der Waals surface area contributed by atoms with E-state index in [0.717, 1.165) is 16.0 Å². The summed E-state index contributed by atoms with van der Waals surface area (Å²) >= 11 is 15.4. The average molecular weight is 648 g/mol. The number of thiophene rings is 1. The maximum absolute atomic E-state index is 14.1. The van der Waals surface area contributed by atoms with Crippen LogP contribution in [0.3, 0.4) is 0 Å². The average Bonchev–Trinajstić information content (AvgIpc) is 3.65. The largest absolute Gasteiger partial charge is 0.488 e. The summed E-state index contributed by atoms with van der Waals surface area (Å²) in [4.78, 5) is 33.8. The summed E-state index contributed by atoms with van der Waals surface area (Å²) in [6.45, 7) is 2.19. The molecule has 1 aliphatic heterocycles. The molecule has 0 saturated heterocycles. The smallest absolute Gasteiger partial charge is 0.338 e. The highest BCUT2D eigenvalue weighted by Crippen LogP contribution is 2.37. The van der Waals surface area contributed by atoms with Gasteiger partial charge in [-0.05, 0) is 48.7 Å². The van der Waals surface area contributed by atoms with Crippen molar-refractivity contribution in [1.82, 2.24) is 4.57 Å². The molecule has 0 radical (unpaired) electrons. The minimum Gasteiger partial charge on any atom is -0.488 e. The summed E-state index contributed by atoms with van der Waals surface area (Å²) in [6.07, 6.45) is 1.75. The Labute approximate surface area is 265 Å². The second-order valence-corrected chi connectivity index (χ2v) is 12.3. The van der Waals surface area contributed by atoms with Crippen molar-refractivity contribution < 1.29 is 14.3 Å². The molecule has 0 aliphatic carbocycles. The van der Waals surface area contributed by atoms with Gasteiger partial charge < -0.3 is 9.47 Å². The van der Waals surface area contributed by atoms with Gasteiger partial charge in [-0.15, -0.1) is 11.3 Å². The predicted molar refractivity (Wildman–Crippen MR) is 173 cm³/mol. The first-order valence-corrected chi connectivity index (χ1v) is 15.9. The number of carbonyl (C=O) groups excluding carboxylic acids is 1. The Hall–Kier alpha value is -3.95. The number of fused-ring (bicyclic) bond motifs is 1. The third-order valence-corrected chi connectivity index (χ3v) is 9.30. The summed E-state index contributed by atoms with van der Waals surface area (Å²) in [5.74, 6) is 0.0324. The van der Waals surface area contributed by atoms with Crippen LogP contribution in [0.15, 0.2) is 106 Å². The first-order valence-electron chi connectivity index (χ1n) is 13.4. The molecule has 0 spiro atoms. The molecule has 0 unspecified atom stereocenters. The number of esters is 1. The Bertz CT molecular complexity index is 2020. The monoisotopic (exact) mass is 646 g/mol. The van der Waals surface area contributed by atoms with Gasteiger partial charge in [0, 0.05) is 31.6 Å². The second kappa shape index (κ2) is 12.7.